The van der Waals surface area contributed by atoms with E-state index >= 15 is 0 Å². The highest BCUT2D eigenvalue weighted by molar-refractivity contribution is 5.78. The highest BCUT2D eigenvalue weighted by Crippen LogP contribution is 2.16. The van der Waals surface area contributed by atoms with Crippen molar-refractivity contribution >= 4 is 5.91 Å². The molecule has 0 radical (unpaired) electrons. The van der Waals surface area contributed by atoms with Gasteiger partial charge in [-0.1, -0.05) is 24.3 Å². The molecule has 4 nitrogen and oxygen atoms in total. The minimum absolute atomic E-state index is 0.0263. The molecule has 2 aromatic rings. The second-order valence-electron chi connectivity index (χ2n) is 5.07. The Kier molecular flexibility index (Phi) is 6.20. The molecule has 1 unspecified atom stereocenters. The molecule has 0 aliphatic heterocycles. The zero-order valence-corrected chi connectivity index (χ0v) is 12.6. The molecule has 0 aliphatic rings. The van der Waals surface area contributed by atoms with Crippen molar-refractivity contribution < 1.29 is 27.8 Å². The molecule has 0 bridgehead atoms. The van der Waals surface area contributed by atoms with E-state index in [0.29, 0.717) is 11.1 Å². The van der Waals surface area contributed by atoms with Gasteiger partial charge in [0.25, 0.3) is 0 Å². The van der Waals surface area contributed by atoms with Crippen LogP contribution < -0.4 is 10.1 Å². The number of nitrogens with one attached hydrogen (secondary N) is 1. The maximum atomic E-state index is 12.8. The molecule has 1 amide bonds. The van der Waals surface area contributed by atoms with Crippen LogP contribution in [0, 0.1) is 5.82 Å². The lowest BCUT2D eigenvalue weighted by Crippen LogP contribution is -2.29. The quantitative estimate of drug-likeness (QED) is 0.816. The zero-order valence-electron chi connectivity index (χ0n) is 12.6. The minimum atomic E-state index is -2.93. The van der Waals surface area contributed by atoms with Crippen LogP contribution in [0.5, 0.6) is 5.75 Å². The Morgan fingerprint density at radius 2 is 1.88 bits per heavy atom. The Bertz CT molecular complexity index is 677. The van der Waals surface area contributed by atoms with Crippen molar-refractivity contribution in [1.29, 1.82) is 0 Å². The molecule has 0 aromatic heterocycles. The number of alkyl halides is 2. The van der Waals surface area contributed by atoms with E-state index in [9.17, 15) is 23.1 Å². The van der Waals surface area contributed by atoms with Crippen LogP contribution in [0.4, 0.5) is 13.2 Å². The molecular weight excluding hydrogens is 323 g/mol. The summed E-state index contributed by atoms with van der Waals surface area (Å²) in [5.41, 5.74) is 0.978. The molecule has 0 saturated heterocycles. The molecule has 24 heavy (non-hydrogen) atoms. The summed E-state index contributed by atoms with van der Waals surface area (Å²) in [7, 11) is 0. The van der Waals surface area contributed by atoms with Gasteiger partial charge in [-0.2, -0.15) is 8.78 Å². The van der Waals surface area contributed by atoms with E-state index in [1.807, 2.05) is 0 Å². The van der Waals surface area contributed by atoms with Gasteiger partial charge in [-0.3, -0.25) is 4.79 Å². The van der Waals surface area contributed by atoms with E-state index < -0.39 is 18.5 Å². The molecule has 128 valence electrons. The number of hydrogen-bond acceptors (Lipinski definition) is 3. The number of aliphatic hydroxyl groups is 1. The van der Waals surface area contributed by atoms with Crippen LogP contribution in [0.25, 0.3) is 0 Å². The lowest BCUT2D eigenvalue weighted by atomic mass is 10.1. The molecule has 7 heteroatoms. The van der Waals surface area contributed by atoms with Crippen molar-refractivity contribution in [3.8, 4) is 5.75 Å². The molecular formula is C17H16F3NO3. The third-order valence-electron chi connectivity index (χ3n) is 3.24. The molecule has 1 atom stereocenters. The second-order valence-corrected chi connectivity index (χ2v) is 5.07. The van der Waals surface area contributed by atoms with Crippen LogP contribution in [0.2, 0.25) is 0 Å². The van der Waals surface area contributed by atoms with Gasteiger partial charge in [-0.25, -0.2) is 4.39 Å². The van der Waals surface area contributed by atoms with Gasteiger partial charge in [0.15, 0.2) is 0 Å². The van der Waals surface area contributed by atoms with E-state index in [-0.39, 0.29) is 24.6 Å². The fraction of sp³-hybridized carbons (Fsp3) is 0.235. The first kappa shape index (κ1) is 17.8. The van der Waals surface area contributed by atoms with E-state index in [1.54, 1.807) is 6.07 Å². The van der Waals surface area contributed by atoms with Gasteiger partial charge in [0.05, 0.1) is 12.5 Å². The van der Waals surface area contributed by atoms with Gasteiger partial charge in [0.2, 0.25) is 5.91 Å². The fourth-order valence-corrected chi connectivity index (χ4v) is 2.09. The number of ether oxygens (including phenoxy) is 1. The summed E-state index contributed by atoms with van der Waals surface area (Å²) in [5.74, 6) is -0.826. The van der Waals surface area contributed by atoms with Gasteiger partial charge in [-0.15, -0.1) is 0 Å². The summed E-state index contributed by atoms with van der Waals surface area (Å²) < 4.78 is 41.4. The Morgan fingerprint density at radius 1 is 1.17 bits per heavy atom. The first-order valence-corrected chi connectivity index (χ1v) is 7.18. The van der Waals surface area contributed by atoms with Gasteiger partial charge < -0.3 is 15.2 Å². The molecule has 2 rings (SSSR count). The number of carbonyl (C=O) groups is 1. The van der Waals surface area contributed by atoms with E-state index in [4.69, 9.17) is 0 Å². The number of hydrogen-bond donors (Lipinski definition) is 2. The van der Waals surface area contributed by atoms with Crippen LogP contribution in [-0.4, -0.2) is 24.2 Å². The molecule has 2 N–H and O–H groups in total. The summed E-state index contributed by atoms with van der Waals surface area (Å²) in [6, 6.07) is 11.1. The average Bonchev–Trinajstić information content (AvgIpc) is 2.53. The summed E-state index contributed by atoms with van der Waals surface area (Å²) in [6.45, 7) is -2.97. The first-order valence-electron chi connectivity index (χ1n) is 7.18. The Morgan fingerprint density at radius 3 is 2.54 bits per heavy atom. The van der Waals surface area contributed by atoms with Crippen molar-refractivity contribution in [3.63, 3.8) is 0 Å². The number of benzene rings is 2. The van der Waals surface area contributed by atoms with Crippen molar-refractivity contribution in [2.24, 2.45) is 0 Å². The maximum absolute atomic E-state index is 12.8. The van der Waals surface area contributed by atoms with Crippen molar-refractivity contribution in [2.45, 2.75) is 19.1 Å². The topological polar surface area (TPSA) is 58.6 Å². The Labute approximate surface area is 136 Å². The summed E-state index contributed by atoms with van der Waals surface area (Å²) in [4.78, 5) is 11.9. The highest BCUT2D eigenvalue weighted by atomic mass is 19.3. The maximum Gasteiger partial charge on any atom is 0.387 e. The third-order valence-corrected chi connectivity index (χ3v) is 3.24. The third kappa shape index (κ3) is 5.58. The molecule has 0 fully saturated rings. The zero-order chi connectivity index (χ0) is 17.5. The van der Waals surface area contributed by atoms with Gasteiger partial charge in [0.1, 0.15) is 11.6 Å². The molecule has 0 aliphatic carbocycles. The van der Waals surface area contributed by atoms with E-state index in [1.165, 1.54) is 42.5 Å². The highest BCUT2D eigenvalue weighted by Gasteiger charge is 2.11. The van der Waals surface area contributed by atoms with Crippen LogP contribution >= 0.6 is 0 Å². The minimum Gasteiger partial charge on any atom is -0.435 e. The molecule has 2 aromatic carbocycles. The number of aliphatic hydroxyl groups excluding tert-OH is 1. The predicted molar refractivity (Wildman–Crippen MR) is 81.1 cm³/mol. The number of rotatable bonds is 7. The monoisotopic (exact) mass is 339 g/mol. The molecule has 0 saturated carbocycles. The van der Waals surface area contributed by atoms with Gasteiger partial charge in [-0.05, 0) is 35.4 Å². The SMILES string of the molecule is O=C(Cc1cccc(OC(F)F)c1)NCC(O)c1ccc(F)cc1. The van der Waals surface area contributed by atoms with Crippen LogP contribution in [-0.2, 0) is 11.2 Å². The van der Waals surface area contributed by atoms with Crippen molar-refractivity contribution in [3.05, 3.63) is 65.5 Å². The number of amides is 1. The van der Waals surface area contributed by atoms with E-state index in [0.717, 1.165) is 0 Å². The van der Waals surface area contributed by atoms with Crippen LogP contribution in [0.1, 0.15) is 17.2 Å². The molecule has 0 spiro atoms. The average molecular weight is 339 g/mol. The van der Waals surface area contributed by atoms with Crippen molar-refractivity contribution in [1.82, 2.24) is 5.32 Å². The predicted octanol–water partition coefficient (Wildman–Crippen LogP) is 2.82. The van der Waals surface area contributed by atoms with Crippen LogP contribution in [0.3, 0.4) is 0 Å². The lowest BCUT2D eigenvalue weighted by molar-refractivity contribution is -0.120. The fourth-order valence-electron chi connectivity index (χ4n) is 2.09. The summed E-state index contributed by atoms with van der Waals surface area (Å²) >= 11 is 0. The Balaban J connectivity index is 1.85. The summed E-state index contributed by atoms with van der Waals surface area (Å²) in [5, 5.41) is 12.5. The van der Waals surface area contributed by atoms with Gasteiger partial charge >= 0.3 is 6.61 Å². The van der Waals surface area contributed by atoms with E-state index in [2.05, 4.69) is 10.1 Å². The standard InChI is InChI=1S/C17H16F3NO3/c18-13-6-4-12(5-7-13)15(22)10-21-16(23)9-11-2-1-3-14(8-11)24-17(19)20/h1-8,15,17,22H,9-10H2,(H,21,23). The lowest BCUT2D eigenvalue weighted by Gasteiger charge is -2.12. The largest absolute Gasteiger partial charge is 0.435 e. The smallest absolute Gasteiger partial charge is 0.387 e. The first-order chi connectivity index (χ1) is 11.4. The summed E-state index contributed by atoms with van der Waals surface area (Å²) in [6.07, 6.45) is -1.01. The Hall–Kier alpha value is -2.54. The van der Waals surface area contributed by atoms with Crippen molar-refractivity contribution in [2.75, 3.05) is 6.54 Å². The number of halogens is 3. The molecule has 0 heterocycles. The second kappa shape index (κ2) is 8.35. The number of carbonyl (C=O) groups excluding carboxylic acids is 1. The van der Waals surface area contributed by atoms with Gasteiger partial charge in [0, 0.05) is 6.54 Å². The normalized spacial score (nSPS) is 12.0. The van der Waals surface area contributed by atoms with Crippen LogP contribution in [0.15, 0.2) is 48.5 Å².